The van der Waals surface area contributed by atoms with Gasteiger partial charge in [0.15, 0.2) is 5.83 Å². The molecule has 5 heteroatoms. The maximum Gasteiger partial charge on any atom is 0.219 e. The third kappa shape index (κ3) is 2.80. The van der Waals surface area contributed by atoms with Crippen molar-refractivity contribution in [2.75, 3.05) is 5.43 Å². The first-order valence-corrected chi connectivity index (χ1v) is 4.68. The van der Waals surface area contributed by atoms with E-state index in [4.69, 9.17) is 10.6 Å². The number of nitrogen functional groups attached to an aromatic ring is 1. The lowest BCUT2D eigenvalue weighted by Crippen LogP contribution is -2.08. The first-order valence-electron chi connectivity index (χ1n) is 4.68. The summed E-state index contributed by atoms with van der Waals surface area (Å²) in [4.78, 5) is 3.97. The molecule has 0 aliphatic rings. The molecule has 0 aliphatic heterocycles. The first kappa shape index (κ1) is 12.2. The highest BCUT2D eigenvalue weighted by molar-refractivity contribution is 5.49. The lowest BCUT2D eigenvalue weighted by Gasteiger charge is -2.08. The summed E-state index contributed by atoms with van der Waals surface area (Å²) < 4.78 is 18.2. The van der Waals surface area contributed by atoms with E-state index in [0.29, 0.717) is 11.6 Å². The van der Waals surface area contributed by atoms with Crippen molar-refractivity contribution in [2.24, 2.45) is 5.84 Å². The number of pyridine rings is 1. The van der Waals surface area contributed by atoms with Crippen LogP contribution in [0.2, 0.25) is 0 Å². The van der Waals surface area contributed by atoms with Crippen molar-refractivity contribution in [1.82, 2.24) is 4.98 Å². The molecular weight excluding hydrogens is 209 g/mol. The zero-order chi connectivity index (χ0) is 12.1. The third-order valence-electron chi connectivity index (χ3n) is 2.01. The Morgan fingerprint density at radius 2 is 2.38 bits per heavy atom. The molecule has 0 unspecified atom stereocenters. The summed E-state index contributed by atoms with van der Waals surface area (Å²) in [6.45, 7) is 6.65. The van der Waals surface area contributed by atoms with Crippen LogP contribution in [0, 0.1) is 6.92 Å². The highest BCUT2D eigenvalue weighted by Gasteiger charge is 2.04. The van der Waals surface area contributed by atoms with Gasteiger partial charge in [-0.2, -0.15) is 0 Å². The monoisotopic (exact) mass is 223 g/mol. The van der Waals surface area contributed by atoms with Crippen LogP contribution in [-0.4, -0.2) is 4.98 Å². The number of aryl methyl sites for hydroxylation is 1. The van der Waals surface area contributed by atoms with E-state index in [1.807, 2.05) is 6.92 Å². The van der Waals surface area contributed by atoms with Gasteiger partial charge in [0.25, 0.3) is 0 Å². The number of ether oxygens (including phenoxy) is 1. The van der Waals surface area contributed by atoms with Crippen LogP contribution in [-0.2, 0) is 0 Å². The number of hydrogen-bond acceptors (Lipinski definition) is 4. The Bertz CT molecular complexity index is 429. The molecule has 1 heterocycles. The fraction of sp³-hybridized carbons (Fsp3) is 0.182. The minimum Gasteiger partial charge on any atom is -0.441 e. The fourth-order valence-electron chi connectivity index (χ4n) is 1.09. The number of anilines is 1. The SMILES string of the molecule is C=C/C(F)=C(\C)Oc1cc(C)c(NN)cn1. The molecule has 3 N–H and O–H groups in total. The standard InChI is InChI=1S/C11H14FN3O/c1-4-9(12)8(3)16-11-5-7(2)10(15-13)6-14-11/h4-6,15H,1,13H2,2-3H3/b9-8-. The quantitative estimate of drug-likeness (QED) is 0.356. The molecule has 0 aromatic carbocycles. The topological polar surface area (TPSA) is 60.2 Å². The van der Waals surface area contributed by atoms with Crippen LogP contribution in [0.15, 0.2) is 36.5 Å². The van der Waals surface area contributed by atoms with Crippen LogP contribution in [0.3, 0.4) is 0 Å². The van der Waals surface area contributed by atoms with Crippen molar-refractivity contribution in [2.45, 2.75) is 13.8 Å². The fourth-order valence-corrected chi connectivity index (χ4v) is 1.09. The molecule has 1 rings (SSSR count). The van der Waals surface area contributed by atoms with E-state index in [1.165, 1.54) is 13.1 Å². The van der Waals surface area contributed by atoms with Gasteiger partial charge in [-0.3, -0.25) is 5.84 Å². The Labute approximate surface area is 93.6 Å². The molecule has 0 fully saturated rings. The number of nitrogens with zero attached hydrogens (tertiary/aromatic N) is 1. The zero-order valence-corrected chi connectivity index (χ0v) is 9.25. The van der Waals surface area contributed by atoms with Gasteiger partial charge in [0.1, 0.15) is 5.76 Å². The number of rotatable bonds is 4. The number of halogens is 1. The van der Waals surface area contributed by atoms with Crippen LogP contribution in [0.1, 0.15) is 12.5 Å². The minimum absolute atomic E-state index is 0.121. The van der Waals surface area contributed by atoms with Crippen LogP contribution in [0.4, 0.5) is 10.1 Å². The van der Waals surface area contributed by atoms with Gasteiger partial charge in [0, 0.05) is 6.07 Å². The van der Waals surface area contributed by atoms with Crippen LogP contribution in [0.5, 0.6) is 5.88 Å². The Hall–Kier alpha value is -1.88. The molecular formula is C11H14FN3O. The van der Waals surface area contributed by atoms with Crippen LogP contribution < -0.4 is 16.0 Å². The van der Waals surface area contributed by atoms with Gasteiger partial charge < -0.3 is 10.2 Å². The van der Waals surface area contributed by atoms with Gasteiger partial charge in [-0.1, -0.05) is 6.58 Å². The molecule has 0 atom stereocenters. The third-order valence-corrected chi connectivity index (χ3v) is 2.01. The van der Waals surface area contributed by atoms with Crippen molar-refractivity contribution < 1.29 is 9.13 Å². The second kappa shape index (κ2) is 5.27. The highest BCUT2D eigenvalue weighted by atomic mass is 19.1. The normalized spacial score (nSPS) is 11.8. The molecule has 16 heavy (non-hydrogen) atoms. The van der Waals surface area contributed by atoms with E-state index in [1.54, 1.807) is 6.07 Å². The van der Waals surface area contributed by atoms with Crippen molar-refractivity contribution in [3.63, 3.8) is 0 Å². The maximum atomic E-state index is 13.0. The van der Waals surface area contributed by atoms with E-state index < -0.39 is 5.83 Å². The number of nitrogens with one attached hydrogen (secondary N) is 1. The second-order valence-corrected chi connectivity index (χ2v) is 3.19. The van der Waals surface area contributed by atoms with Crippen molar-refractivity contribution in [3.8, 4) is 5.88 Å². The van der Waals surface area contributed by atoms with E-state index in [9.17, 15) is 4.39 Å². The molecule has 0 saturated carbocycles. The van der Waals surface area contributed by atoms with E-state index in [0.717, 1.165) is 11.6 Å². The predicted octanol–water partition coefficient (Wildman–Crippen LogP) is 2.44. The van der Waals surface area contributed by atoms with Gasteiger partial charge in [-0.25, -0.2) is 9.37 Å². The Kier molecular flexibility index (Phi) is 4.02. The lowest BCUT2D eigenvalue weighted by atomic mass is 10.2. The van der Waals surface area contributed by atoms with E-state index in [-0.39, 0.29) is 5.76 Å². The molecule has 0 amide bonds. The van der Waals surface area contributed by atoms with Gasteiger partial charge in [-0.15, -0.1) is 0 Å². The summed E-state index contributed by atoms with van der Waals surface area (Å²) in [5.74, 6) is 5.18. The summed E-state index contributed by atoms with van der Waals surface area (Å²) in [5, 5.41) is 0. The number of hydrogen-bond donors (Lipinski definition) is 2. The molecule has 4 nitrogen and oxygen atoms in total. The van der Waals surface area contributed by atoms with Gasteiger partial charge in [0.2, 0.25) is 5.88 Å². The zero-order valence-electron chi connectivity index (χ0n) is 9.25. The smallest absolute Gasteiger partial charge is 0.219 e. The lowest BCUT2D eigenvalue weighted by molar-refractivity contribution is 0.388. The van der Waals surface area contributed by atoms with Crippen molar-refractivity contribution in [1.29, 1.82) is 0 Å². The molecule has 86 valence electrons. The Morgan fingerprint density at radius 3 is 2.88 bits per heavy atom. The molecule has 0 bridgehead atoms. The summed E-state index contributed by atoms with van der Waals surface area (Å²) >= 11 is 0. The maximum absolute atomic E-state index is 13.0. The van der Waals surface area contributed by atoms with Gasteiger partial charge in [-0.05, 0) is 25.5 Å². The van der Waals surface area contributed by atoms with Crippen LogP contribution >= 0.6 is 0 Å². The molecule has 0 spiro atoms. The molecule has 1 aromatic rings. The summed E-state index contributed by atoms with van der Waals surface area (Å²) in [5.41, 5.74) is 4.04. The first-order chi connectivity index (χ1) is 7.58. The molecule has 1 aromatic heterocycles. The summed E-state index contributed by atoms with van der Waals surface area (Å²) in [6, 6.07) is 1.66. The largest absolute Gasteiger partial charge is 0.441 e. The Balaban J connectivity index is 2.91. The molecule has 0 radical (unpaired) electrons. The van der Waals surface area contributed by atoms with Gasteiger partial charge in [0.05, 0.1) is 11.9 Å². The van der Waals surface area contributed by atoms with Crippen molar-refractivity contribution >= 4 is 5.69 Å². The molecule has 0 aliphatic carbocycles. The Morgan fingerprint density at radius 1 is 1.69 bits per heavy atom. The minimum atomic E-state index is -0.513. The predicted molar refractivity (Wildman–Crippen MR) is 61.4 cm³/mol. The van der Waals surface area contributed by atoms with Crippen LogP contribution in [0.25, 0.3) is 0 Å². The summed E-state index contributed by atoms with van der Waals surface area (Å²) in [7, 11) is 0. The average molecular weight is 223 g/mol. The number of hydrazine groups is 1. The summed E-state index contributed by atoms with van der Waals surface area (Å²) in [6.07, 6.45) is 2.60. The van der Waals surface area contributed by atoms with Crippen molar-refractivity contribution in [3.05, 3.63) is 42.1 Å². The number of nitrogens with two attached hydrogens (primary N) is 1. The van der Waals surface area contributed by atoms with E-state index >= 15 is 0 Å². The average Bonchev–Trinajstić information content (AvgIpc) is 2.28. The molecule has 0 saturated heterocycles. The van der Waals surface area contributed by atoms with E-state index in [2.05, 4.69) is 17.0 Å². The number of aromatic nitrogens is 1. The van der Waals surface area contributed by atoms with Gasteiger partial charge >= 0.3 is 0 Å². The second-order valence-electron chi connectivity index (χ2n) is 3.19. The highest BCUT2D eigenvalue weighted by Crippen LogP contribution is 2.20. The number of allylic oxidation sites excluding steroid dienone is 3.